The monoisotopic (exact) mass is 388 g/mol. The van der Waals surface area contributed by atoms with Gasteiger partial charge in [0.05, 0.1) is 6.10 Å². The molecule has 5 nitrogen and oxygen atoms in total. The Balaban J connectivity index is 1.79. The topological polar surface area (TPSA) is 62.1 Å². The normalized spacial score (nSPS) is 14.9. The maximum absolute atomic E-state index is 9.82. The Morgan fingerprint density at radius 3 is 2.41 bits per heavy atom. The van der Waals surface area contributed by atoms with Crippen LogP contribution in [0.4, 0.5) is 5.95 Å². The molecular weight excluding hydrogens is 360 g/mol. The second-order valence-electron chi connectivity index (χ2n) is 7.85. The second-order valence-corrected chi connectivity index (χ2v) is 7.85. The van der Waals surface area contributed by atoms with Crippen molar-refractivity contribution in [3.8, 4) is 22.5 Å². The second kappa shape index (κ2) is 8.70. The predicted molar refractivity (Wildman–Crippen MR) is 117 cm³/mol. The highest BCUT2D eigenvalue weighted by atomic mass is 16.3. The average Bonchev–Trinajstić information content (AvgIpc) is 2.74. The van der Waals surface area contributed by atoms with E-state index in [0.29, 0.717) is 5.95 Å². The van der Waals surface area contributed by atoms with E-state index in [1.54, 1.807) is 0 Å². The molecule has 4 rings (SSSR count). The Kier molecular flexibility index (Phi) is 5.86. The number of piperidine rings is 1. The third-order valence-electron chi connectivity index (χ3n) is 5.45. The van der Waals surface area contributed by atoms with Crippen molar-refractivity contribution in [2.75, 3.05) is 18.0 Å². The summed E-state index contributed by atoms with van der Waals surface area (Å²) in [6, 6.07) is 16.9. The molecule has 1 aromatic heterocycles. The van der Waals surface area contributed by atoms with Crippen LogP contribution in [-0.4, -0.2) is 39.5 Å². The molecule has 1 N–H and O–H groups in total. The van der Waals surface area contributed by atoms with Crippen molar-refractivity contribution in [1.82, 2.24) is 15.2 Å². The van der Waals surface area contributed by atoms with Crippen molar-refractivity contribution < 1.29 is 5.11 Å². The number of aryl methyl sites for hydroxylation is 2. The molecule has 3 aromatic rings. The van der Waals surface area contributed by atoms with Crippen LogP contribution in [0.2, 0.25) is 0 Å². The highest BCUT2D eigenvalue weighted by Gasteiger charge is 2.22. The lowest BCUT2D eigenvalue weighted by atomic mass is 10.0. The molecule has 0 unspecified atom stereocenters. The molecule has 1 aliphatic heterocycles. The van der Waals surface area contributed by atoms with Crippen LogP contribution in [0.3, 0.4) is 0 Å². The number of nitrogens with zero attached hydrogens (tertiary/aromatic N) is 4. The minimum Gasteiger partial charge on any atom is -0.393 e. The highest BCUT2D eigenvalue weighted by Crippen LogP contribution is 2.31. The van der Waals surface area contributed by atoms with E-state index in [1.807, 2.05) is 0 Å². The first-order chi connectivity index (χ1) is 14.1. The van der Waals surface area contributed by atoms with E-state index >= 15 is 0 Å². The quantitative estimate of drug-likeness (QED) is 0.701. The van der Waals surface area contributed by atoms with E-state index in [4.69, 9.17) is 4.98 Å². The van der Waals surface area contributed by atoms with Crippen molar-refractivity contribution in [3.63, 3.8) is 0 Å². The Morgan fingerprint density at radius 1 is 0.966 bits per heavy atom. The van der Waals surface area contributed by atoms with Gasteiger partial charge in [0.2, 0.25) is 5.95 Å². The maximum Gasteiger partial charge on any atom is 0.245 e. The van der Waals surface area contributed by atoms with Crippen LogP contribution >= 0.6 is 0 Å². The summed E-state index contributed by atoms with van der Waals surface area (Å²) in [5.41, 5.74) is 6.26. The number of rotatable bonds is 5. The first kappa shape index (κ1) is 19.5. The number of hydrogen-bond donors (Lipinski definition) is 1. The Bertz CT molecular complexity index is 980. The number of hydrogen-bond acceptors (Lipinski definition) is 5. The van der Waals surface area contributed by atoms with Crippen LogP contribution in [0.25, 0.3) is 22.5 Å². The van der Waals surface area contributed by atoms with Crippen molar-refractivity contribution in [1.29, 1.82) is 0 Å². The molecular formula is C24H28N4O. The van der Waals surface area contributed by atoms with E-state index in [1.165, 1.54) is 11.1 Å². The molecule has 5 heteroatoms. The third kappa shape index (κ3) is 4.46. The van der Waals surface area contributed by atoms with Gasteiger partial charge >= 0.3 is 0 Å². The van der Waals surface area contributed by atoms with Gasteiger partial charge < -0.3 is 10.0 Å². The number of aliphatic hydroxyl groups excluding tert-OH is 1. The smallest absolute Gasteiger partial charge is 0.245 e. The molecule has 1 aliphatic rings. The van der Waals surface area contributed by atoms with E-state index in [-0.39, 0.29) is 6.10 Å². The standard InChI is InChI=1S/C24H28N4O/c1-3-6-18-8-5-10-20(16-18)23-22(19-9-4-7-17(2)15-19)25-24(27-26-23)28-13-11-21(29)12-14-28/h4-5,7-10,15-16,21,29H,3,6,11-14H2,1-2H3. The third-order valence-corrected chi connectivity index (χ3v) is 5.45. The summed E-state index contributed by atoms with van der Waals surface area (Å²) in [5.74, 6) is 0.641. The fourth-order valence-electron chi connectivity index (χ4n) is 3.87. The van der Waals surface area contributed by atoms with Crippen LogP contribution in [0, 0.1) is 6.92 Å². The van der Waals surface area contributed by atoms with Gasteiger partial charge in [-0.3, -0.25) is 0 Å². The molecule has 0 amide bonds. The first-order valence-corrected chi connectivity index (χ1v) is 10.5. The number of anilines is 1. The predicted octanol–water partition coefficient (Wildman–Crippen LogP) is 4.43. The van der Waals surface area contributed by atoms with Gasteiger partial charge in [-0.15, -0.1) is 10.2 Å². The molecule has 0 radical (unpaired) electrons. The van der Waals surface area contributed by atoms with Crippen LogP contribution in [0.1, 0.15) is 37.3 Å². The van der Waals surface area contributed by atoms with Crippen molar-refractivity contribution in [3.05, 3.63) is 59.7 Å². The fourth-order valence-corrected chi connectivity index (χ4v) is 3.87. The van der Waals surface area contributed by atoms with Crippen LogP contribution < -0.4 is 4.90 Å². The zero-order valence-corrected chi connectivity index (χ0v) is 17.2. The molecule has 0 spiro atoms. The van der Waals surface area contributed by atoms with E-state index < -0.39 is 0 Å². The summed E-state index contributed by atoms with van der Waals surface area (Å²) < 4.78 is 0. The summed E-state index contributed by atoms with van der Waals surface area (Å²) in [4.78, 5) is 7.08. The first-order valence-electron chi connectivity index (χ1n) is 10.5. The largest absolute Gasteiger partial charge is 0.393 e. The minimum absolute atomic E-state index is 0.226. The van der Waals surface area contributed by atoms with Crippen LogP contribution in [0.5, 0.6) is 0 Å². The number of aromatic nitrogens is 3. The number of aliphatic hydroxyl groups is 1. The van der Waals surface area contributed by atoms with Crippen molar-refractivity contribution in [2.24, 2.45) is 0 Å². The van der Waals surface area contributed by atoms with Crippen LogP contribution in [-0.2, 0) is 6.42 Å². The van der Waals surface area contributed by atoms with E-state index in [9.17, 15) is 5.11 Å². The van der Waals surface area contributed by atoms with Crippen molar-refractivity contribution in [2.45, 2.75) is 45.6 Å². The lowest BCUT2D eigenvalue weighted by molar-refractivity contribution is 0.145. The minimum atomic E-state index is -0.226. The average molecular weight is 389 g/mol. The van der Waals surface area contributed by atoms with Gasteiger partial charge in [0, 0.05) is 24.2 Å². The Labute approximate surface area is 172 Å². The molecule has 0 bridgehead atoms. The molecule has 0 aliphatic carbocycles. The van der Waals surface area contributed by atoms with Gasteiger partial charge in [-0.2, -0.15) is 0 Å². The highest BCUT2D eigenvalue weighted by molar-refractivity contribution is 5.78. The summed E-state index contributed by atoms with van der Waals surface area (Å²) >= 11 is 0. The lowest BCUT2D eigenvalue weighted by Crippen LogP contribution is -2.37. The van der Waals surface area contributed by atoms with E-state index in [2.05, 4.69) is 77.5 Å². The van der Waals surface area contributed by atoms with Gasteiger partial charge in [-0.05, 0) is 43.9 Å². The molecule has 1 fully saturated rings. The molecule has 0 saturated carbocycles. The molecule has 150 valence electrons. The van der Waals surface area contributed by atoms with E-state index in [0.717, 1.165) is 61.3 Å². The number of benzene rings is 2. The zero-order valence-electron chi connectivity index (χ0n) is 17.2. The van der Waals surface area contributed by atoms with Crippen LogP contribution in [0.15, 0.2) is 48.5 Å². The van der Waals surface area contributed by atoms with Gasteiger partial charge in [0.15, 0.2) is 0 Å². The lowest BCUT2D eigenvalue weighted by Gasteiger charge is -2.29. The van der Waals surface area contributed by atoms with Gasteiger partial charge in [-0.1, -0.05) is 55.3 Å². The molecule has 2 aromatic carbocycles. The van der Waals surface area contributed by atoms with Gasteiger partial charge in [0.1, 0.15) is 11.4 Å². The summed E-state index contributed by atoms with van der Waals surface area (Å²) in [6.45, 7) is 5.78. The van der Waals surface area contributed by atoms with Gasteiger partial charge in [-0.25, -0.2) is 4.98 Å². The van der Waals surface area contributed by atoms with Gasteiger partial charge in [0.25, 0.3) is 0 Å². The maximum atomic E-state index is 9.82. The Hall–Kier alpha value is -2.79. The zero-order chi connectivity index (χ0) is 20.2. The molecule has 1 saturated heterocycles. The summed E-state index contributed by atoms with van der Waals surface area (Å²) in [5, 5.41) is 18.9. The van der Waals surface area contributed by atoms with Crippen molar-refractivity contribution >= 4 is 5.95 Å². The molecule has 2 heterocycles. The summed E-state index contributed by atoms with van der Waals surface area (Å²) in [7, 11) is 0. The Morgan fingerprint density at radius 2 is 1.69 bits per heavy atom. The molecule has 29 heavy (non-hydrogen) atoms. The fraction of sp³-hybridized carbons (Fsp3) is 0.375. The summed E-state index contributed by atoms with van der Waals surface area (Å²) in [6.07, 6.45) is 3.41. The molecule has 0 atom stereocenters. The SMILES string of the molecule is CCCc1cccc(-c2nnc(N3CCC(O)CC3)nc2-c2cccc(C)c2)c1.